The number of hydrogen-bond donors (Lipinski definition) is 0. The van der Waals surface area contributed by atoms with Crippen LogP contribution in [0, 0.1) is 10.8 Å². The van der Waals surface area contributed by atoms with Crippen molar-refractivity contribution in [3.05, 3.63) is 147 Å². The van der Waals surface area contributed by atoms with Crippen molar-refractivity contribution in [2.45, 2.75) is 210 Å². The van der Waals surface area contributed by atoms with Crippen LogP contribution in [-0.2, 0) is 0 Å². The summed E-state index contributed by atoms with van der Waals surface area (Å²) >= 11 is 0. The fraction of sp³-hybridized carbons (Fsp3) is 0.500. The van der Waals surface area contributed by atoms with Gasteiger partial charge in [0.05, 0.1) is 0 Å². The lowest BCUT2D eigenvalue weighted by molar-refractivity contribution is 0.565. The Balaban J connectivity index is 1.39. The van der Waals surface area contributed by atoms with Crippen molar-refractivity contribution >= 4 is 76.9 Å². The normalized spacial score (nSPS) is 21.8. The third-order valence-corrected chi connectivity index (χ3v) is 47.2. The van der Waals surface area contributed by atoms with Crippen LogP contribution in [0.15, 0.2) is 102 Å². The first kappa shape index (κ1) is 50.6. The molecular formula is C68H90Si4. The van der Waals surface area contributed by atoms with Crippen molar-refractivity contribution in [1.29, 1.82) is 0 Å². The summed E-state index contributed by atoms with van der Waals surface area (Å²) in [4.78, 5) is 0. The number of hydrogen-bond acceptors (Lipinski definition) is 0. The smallest absolute Gasteiger partial charge is 0.0645 e. The fourth-order valence-electron chi connectivity index (χ4n) is 19.6. The molecule has 4 heterocycles. The quantitative estimate of drug-likeness (QED) is 0.197. The van der Waals surface area contributed by atoms with Gasteiger partial charge in [-0.2, -0.15) is 0 Å². The zero-order valence-electron chi connectivity index (χ0n) is 49.4. The van der Waals surface area contributed by atoms with Gasteiger partial charge < -0.3 is 0 Å². The Morgan fingerprint density at radius 2 is 0.500 bits per heavy atom. The Bertz CT molecular complexity index is 3020. The molecular weight excluding hydrogens is 929 g/mol. The molecule has 0 spiro atoms. The summed E-state index contributed by atoms with van der Waals surface area (Å²) in [6.07, 6.45) is 0. The second kappa shape index (κ2) is 15.5. The number of fused-ring (bicyclic) bond motifs is 14. The number of rotatable bonds is 8. The first-order valence-corrected chi connectivity index (χ1v) is 37.5. The summed E-state index contributed by atoms with van der Waals surface area (Å²) in [5.74, 6) is 0. The molecule has 0 aromatic heterocycles. The van der Waals surface area contributed by atoms with Crippen molar-refractivity contribution in [1.82, 2.24) is 0 Å². The van der Waals surface area contributed by atoms with Crippen LogP contribution in [0.2, 0.25) is 44.3 Å². The van der Waals surface area contributed by atoms with E-state index in [4.69, 9.17) is 0 Å². The van der Waals surface area contributed by atoms with Gasteiger partial charge in [0.25, 0.3) is 0 Å². The standard InChI is InChI=1S/C68H90Si4/c1-35(2)69(36(3)4)59-43(17)45-29-25-27-31-47(45)53(59)63-65(69)55-49-33-52-50(34-51(49)57(67(19,20)21)61(55)71(63,39(9)10)40(11)12)56-62(58(52)68(22,23)24)72(41(13)14,42(15)16)64-54-48-32-28-26-30-46(48)44(18)60(54)70(37(5)6,38(7)8)66(56)64/h25-42H,1-24H3. The predicted molar refractivity (Wildman–Crippen MR) is 329 cm³/mol. The molecule has 0 atom stereocenters. The van der Waals surface area contributed by atoms with Gasteiger partial charge in [0.2, 0.25) is 0 Å². The molecule has 0 N–H and O–H groups in total. The van der Waals surface area contributed by atoms with E-state index in [-0.39, 0.29) is 10.8 Å². The zero-order chi connectivity index (χ0) is 52.5. The third-order valence-electron chi connectivity index (χ3n) is 21.3. The molecule has 11 rings (SSSR count). The lowest BCUT2D eigenvalue weighted by Gasteiger charge is -2.43. The predicted octanol–water partition coefficient (Wildman–Crippen LogP) is 20.7. The van der Waals surface area contributed by atoms with E-state index >= 15 is 0 Å². The lowest BCUT2D eigenvalue weighted by atomic mass is 9.80. The average molecular weight is 1020 g/mol. The van der Waals surface area contributed by atoms with E-state index in [1.54, 1.807) is 78.0 Å². The molecule has 8 aliphatic rings. The van der Waals surface area contributed by atoms with Gasteiger partial charge >= 0.3 is 0 Å². The summed E-state index contributed by atoms with van der Waals surface area (Å²) in [6.45, 7) is 63.2. The largest absolute Gasteiger partial charge is 0.125 e. The molecule has 3 aromatic carbocycles. The Kier molecular flexibility index (Phi) is 10.9. The van der Waals surface area contributed by atoms with Gasteiger partial charge in [-0.3, -0.25) is 0 Å². The first-order chi connectivity index (χ1) is 33.5. The maximum absolute atomic E-state index is 2.93. The minimum Gasteiger partial charge on any atom is -0.0645 e. The van der Waals surface area contributed by atoms with E-state index in [1.165, 1.54) is 11.1 Å². The molecule has 4 aliphatic heterocycles. The summed E-state index contributed by atoms with van der Waals surface area (Å²) in [5, 5.41) is 14.9. The second-order valence-electron chi connectivity index (χ2n) is 28.7. The summed E-state index contributed by atoms with van der Waals surface area (Å²) in [7, 11) is -9.89. The van der Waals surface area contributed by atoms with Gasteiger partial charge in [-0.15, -0.1) is 0 Å². The second-order valence-corrected chi connectivity index (χ2v) is 48.9. The molecule has 4 aliphatic carbocycles. The monoisotopic (exact) mass is 1020 g/mol. The molecule has 72 heavy (non-hydrogen) atoms. The van der Waals surface area contributed by atoms with Gasteiger partial charge in [-0.1, -0.05) is 201 Å². The molecule has 0 radical (unpaired) electrons. The maximum Gasteiger partial charge on any atom is 0.125 e. The highest BCUT2D eigenvalue weighted by Crippen LogP contribution is 2.78. The number of benzene rings is 3. The fourth-order valence-corrected chi connectivity index (χ4v) is 49.0. The SMILES string of the molecule is CC1=C2C(=C3C(=C4C(=C(C(C)(C)C)c5cc6c(cc54)C(C(C)(C)C)=C4C6=C5C(=C6C(=C(C)c7ccccc76)[Si]5(C(C)C)C(C)C)[Si]4(C(C)C)C(C)C)[Si]3(C(C)C)C(C)C)[Si]2(C(C)C)C(C)C)c2ccccc21. The average Bonchev–Trinajstić information content (AvgIpc) is 4.12. The van der Waals surface area contributed by atoms with Gasteiger partial charge in [0.1, 0.15) is 32.3 Å². The van der Waals surface area contributed by atoms with Crippen molar-refractivity contribution in [3.8, 4) is 0 Å². The molecule has 3 aromatic rings. The topological polar surface area (TPSA) is 0 Å². The minimum atomic E-state index is -2.51. The molecule has 0 fully saturated rings. The highest BCUT2D eigenvalue weighted by Gasteiger charge is 2.71. The molecule has 0 saturated heterocycles. The Morgan fingerprint density at radius 1 is 0.278 bits per heavy atom. The lowest BCUT2D eigenvalue weighted by Crippen LogP contribution is -2.47. The molecule has 0 unspecified atom stereocenters. The van der Waals surface area contributed by atoms with Gasteiger partial charge in [-0.25, -0.2) is 0 Å². The molecule has 0 bridgehead atoms. The number of allylic oxidation sites excluding steroid dienone is 16. The summed E-state index contributed by atoms with van der Waals surface area (Å²) < 4.78 is 0. The van der Waals surface area contributed by atoms with Gasteiger partial charge in [0.15, 0.2) is 0 Å². The van der Waals surface area contributed by atoms with E-state index in [0.717, 1.165) is 0 Å². The van der Waals surface area contributed by atoms with E-state index in [9.17, 15) is 0 Å². The Hall–Kier alpha value is -3.55. The van der Waals surface area contributed by atoms with Crippen LogP contribution in [0.3, 0.4) is 0 Å². The van der Waals surface area contributed by atoms with Crippen LogP contribution in [0.4, 0.5) is 0 Å². The van der Waals surface area contributed by atoms with Crippen molar-refractivity contribution < 1.29 is 0 Å². The molecule has 0 nitrogen and oxygen atoms in total. The molecule has 378 valence electrons. The molecule has 0 saturated carbocycles. The van der Waals surface area contributed by atoms with Crippen LogP contribution in [-0.4, -0.2) is 32.3 Å². The van der Waals surface area contributed by atoms with Gasteiger partial charge in [0, 0.05) is 0 Å². The highest BCUT2D eigenvalue weighted by atomic mass is 28.3. The molecule has 0 amide bonds. The van der Waals surface area contributed by atoms with E-state index in [1.807, 2.05) is 41.6 Å². The van der Waals surface area contributed by atoms with Crippen molar-refractivity contribution in [2.24, 2.45) is 10.8 Å². The summed E-state index contributed by atoms with van der Waals surface area (Å²) in [6, 6.07) is 25.2. The Labute approximate surface area is 442 Å². The van der Waals surface area contributed by atoms with Crippen LogP contribution < -0.4 is 0 Å². The van der Waals surface area contributed by atoms with E-state index < -0.39 is 32.3 Å². The van der Waals surface area contributed by atoms with Crippen LogP contribution in [0.1, 0.15) is 211 Å². The zero-order valence-corrected chi connectivity index (χ0v) is 53.4. The van der Waals surface area contributed by atoms with Crippen LogP contribution >= 0.6 is 0 Å². The maximum atomic E-state index is 2.93. The van der Waals surface area contributed by atoms with Crippen LogP contribution in [0.5, 0.6) is 0 Å². The van der Waals surface area contributed by atoms with Crippen molar-refractivity contribution in [2.75, 3.05) is 0 Å². The van der Waals surface area contributed by atoms with E-state index in [0.29, 0.717) is 44.3 Å². The summed E-state index contributed by atoms with van der Waals surface area (Å²) in [5.41, 5.74) is 30.5. The third kappa shape index (κ3) is 5.36. The minimum absolute atomic E-state index is 0.0460. The highest BCUT2D eigenvalue weighted by molar-refractivity contribution is 7.13. The van der Waals surface area contributed by atoms with E-state index in [2.05, 4.69) is 227 Å². The van der Waals surface area contributed by atoms with Crippen LogP contribution in [0.25, 0.3) is 44.6 Å². The molecule has 4 heteroatoms. The van der Waals surface area contributed by atoms with Gasteiger partial charge in [-0.05, 0) is 212 Å². The first-order valence-electron chi connectivity index (χ1n) is 28.9. The Morgan fingerprint density at radius 3 is 0.736 bits per heavy atom. The van der Waals surface area contributed by atoms with Crippen molar-refractivity contribution in [3.63, 3.8) is 0 Å².